The highest BCUT2D eigenvalue weighted by atomic mass is 16.1. The third-order valence-electron chi connectivity index (χ3n) is 4.21. The van der Waals surface area contributed by atoms with E-state index >= 15 is 0 Å². The summed E-state index contributed by atoms with van der Waals surface area (Å²) >= 11 is 0. The fraction of sp³-hybridized carbons (Fsp3) is 0.182. The molecule has 1 amide bonds. The molecule has 2 N–H and O–H groups in total. The molecule has 0 radical (unpaired) electrons. The molecule has 0 saturated heterocycles. The van der Waals surface area contributed by atoms with Gasteiger partial charge in [0.2, 0.25) is 0 Å². The van der Waals surface area contributed by atoms with Gasteiger partial charge in [-0.25, -0.2) is 0 Å². The van der Waals surface area contributed by atoms with Crippen LogP contribution in [-0.4, -0.2) is 10.9 Å². The summed E-state index contributed by atoms with van der Waals surface area (Å²) in [7, 11) is 0. The molecule has 0 fully saturated rings. The molecule has 0 saturated carbocycles. The van der Waals surface area contributed by atoms with Crippen molar-refractivity contribution in [3.05, 3.63) is 95.3 Å². The Labute approximate surface area is 154 Å². The molecule has 0 aliphatic rings. The average Bonchev–Trinajstić information content (AvgIpc) is 2.67. The van der Waals surface area contributed by atoms with Crippen LogP contribution in [0.15, 0.2) is 72.9 Å². The number of benzene rings is 2. The number of carbonyl (C=O) groups is 1. The van der Waals surface area contributed by atoms with Crippen molar-refractivity contribution in [1.29, 1.82) is 0 Å². The zero-order chi connectivity index (χ0) is 18.4. The molecule has 1 unspecified atom stereocenters. The Morgan fingerprint density at radius 2 is 1.85 bits per heavy atom. The van der Waals surface area contributed by atoms with Crippen molar-refractivity contribution in [2.45, 2.75) is 26.4 Å². The summed E-state index contributed by atoms with van der Waals surface area (Å²) in [4.78, 5) is 16.6. The number of rotatable bonds is 6. The first kappa shape index (κ1) is 17.7. The van der Waals surface area contributed by atoms with Gasteiger partial charge in [0.1, 0.15) is 5.69 Å². The number of nitrogens with one attached hydrogen (secondary N) is 2. The van der Waals surface area contributed by atoms with Crippen molar-refractivity contribution in [2.75, 3.05) is 5.32 Å². The molecule has 3 aromatic rings. The normalized spacial score (nSPS) is 11.6. The van der Waals surface area contributed by atoms with E-state index in [4.69, 9.17) is 0 Å². The topological polar surface area (TPSA) is 54.0 Å². The zero-order valence-electron chi connectivity index (χ0n) is 15.1. The van der Waals surface area contributed by atoms with Crippen LogP contribution in [-0.2, 0) is 6.54 Å². The number of aryl methyl sites for hydroxylation is 1. The number of carbonyl (C=O) groups excluding carboxylic acids is 1. The highest BCUT2D eigenvalue weighted by Gasteiger charge is 2.10. The van der Waals surface area contributed by atoms with E-state index in [1.54, 1.807) is 12.3 Å². The predicted octanol–water partition coefficient (Wildman–Crippen LogP) is 4.49. The van der Waals surface area contributed by atoms with Crippen LogP contribution in [0.5, 0.6) is 0 Å². The molecule has 1 aromatic heterocycles. The Hall–Kier alpha value is -3.14. The summed E-state index contributed by atoms with van der Waals surface area (Å²) in [5, 5.41) is 6.34. The lowest BCUT2D eigenvalue weighted by Crippen LogP contribution is -2.24. The van der Waals surface area contributed by atoms with Gasteiger partial charge in [-0.1, -0.05) is 60.2 Å². The molecule has 2 aromatic carbocycles. The smallest absolute Gasteiger partial charge is 0.270 e. The predicted molar refractivity (Wildman–Crippen MR) is 105 cm³/mol. The molecular formula is C22H23N3O. The first-order valence-corrected chi connectivity index (χ1v) is 8.73. The maximum Gasteiger partial charge on any atom is 0.270 e. The maximum atomic E-state index is 12.4. The van der Waals surface area contributed by atoms with Gasteiger partial charge < -0.3 is 10.6 Å². The minimum absolute atomic E-state index is 0.141. The summed E-state index contributed by atoms with van der Waals surface area (Å²) < 4.78 is 0. The lowest BCUT2D eigenvalue weighted by Gasteiger charge is -2.16. The lowest BCUT2D eigenvalue weighted by molar-refractivity contribution is 0.0946. The van der Waals surface area contributed by atoms with Crippen LogP contribution in [0.3, 0.4) is 0 Å². The SMILES string of the molecule is Cc1cccc(CNC(=O)c2cc(NC(C)c3ccccc3)ccn2)c1. The quantitative estimate of drug-likeness (QED) is 0.692. The van der Waals surface area contributed by atoms with E-state index < -0.39 is 0 Å². The van der Waals surface area contributed by atoms with Crippen molar-refractivity contribution < 1.29 is 4.79 Å². The number of amides is 1. The second kappa shape index (κ2) is 8.30. The van der Waals surface area contributed by atoms with Crippen molar-refractivity contribution in [3.63, 3.8) is 0 Å². The second-order valence-corrected chi connectivity index (χ2v) is 6.38. The van der Waals surface area contributed by atoms with E-state index in [-0.39, 0.29) is 11.9 Å². The molecule has 4 heteroatoms. The molecule has 3 rings (SSSR count). The maximum absolute atomic E-state index is 12.4. The van der Waals surface area contributed by atoms with Gasteiger partial charge in [0.15, 0.2) is 0 Å². The largest absolute Gasteiger partial charge is 0.378 e. The monoisotopic (exact) mass is 345 g/mol. The van der Waals surface area contributed by atoms with Gasteiger partial charge in [-0.15, -0.1) is 0 Å². The Kier molecular flexibility index (Phi) is 5.64. The molecule has 1 heterocycles. The fourth-order valence-electron chi connectivity index (χ4n) is 2.81. The van der Waals surface area contributed by atoms with Crippen molar-refractivity contribution >= 4 is 11.6 Å². The summed E-state index contributed by atoms with van der Waals surface area (Å²) in [5.41, 5.74) is 4.72. The van der Waals surface area contributed by atoms with Crippen molar-refractivity contribution in [3.8, 4) is 0 Å². The summed E-state index contributed by atoms with van der Waals surface area (Å²) in [6, 6.07) is 22.1. The third kappa shape index (κ3) is 4.70. The Morgan fingerprint density at radius 1 is 1.04 bits per heavy atom. The number of hydrogen-bond acceptors (Lipinski definition) is 3. The van der Waals surface area contributed by atoms with E-state index in [2.05, 4.69) is 40.7 Å². The van der Waals surface area contributed by atoms with Gasteiger partial charge in [0.05, 0.1) is 0 Å². The van der Waals surface area contributed by atoms with Gasteiger partial charge in [-0.3, -0.25) is 9.78 Å². The van der Waals surface area contributed by atoms with Crippen molar-refractivity contribution in [2.24, 2.45) is 0 Å². The van der Waals surface area contributed by atoms with Gasteiger partial charge in [-0.2, -0.15) is 0 Å². The molecule has 0 spiro atoms. The van der Waals surface area contributed by atoms with Crippen LogP contribution >= 0.6 is 0 Å². The second-order valence-electron chi connectivity index (χ2n) is 6.38. The first-order valence-electron chi connectivity index (χ1n) is 8.73. The van der Waals surface area contributed by atoms with E-state index in [9.17, 15) is 4.79 Å². The minimum atomic E-state index is -0.178. The van der Waals surface area contributed by atoms with Crippen LogP contribution < -0.4 is 10.6 Å². The van der Waals surface area contributed by atoms with Gasteiger partial charge in [0.25, 0.3) is 5.91 Å². The molecule has 132 valence electrons. The Morgan fingerprint density at radius 3 is 2.62 bits per heavy atom. The minimum Gasteiger partial charge on any atom is -0.378 e. The van der Waals surface area contributed by atoms with Crippen LogP contribution in [0.2, 0.25) is 0 Å². The summed E-state index contributed by atoms with van der Waals surface area (Å²) in [6.45, 7) is 4.61. The standard InChI is InChI=1S/C22H23N3O/c1-16-7-6-8-18(13-16)15-24-22(26)21-14-20(11-12-23-21)25-17(2)19-9-4-3-5-10-19/h3-14,17H,15H2,1-2H3,(H,23,25)(H,24,26). The van der Waals surface area contributed by atoms with Crippen molar-refractivity contribution in [1.82, 2.24) is 10.3 Å². The highest BCUT2D eigenvalue weighted by molar-refractivity contribution is 5.93. The lowest BCUT2D eigenvalue weighted by atomic mass is 10.1. The molecule has 4 nitrogen and oxygen atoms in total. The van der Waals surface area contributed by atoms with Gasteiger partial charge in [-0.05, 0) is 37.1 Å². The molecular weight excluding hydrogens is 322 g/mol. The van der Waals surface area contributed by atoms with Gasteiger partial charge in [0, 0.05) is 24.5 Å². The van der Waals surface area contributed by atoms with E-state index in [0.717, 1.165) is 11.3 Å². The van der Waals surface area contributed by atoms with Crippen LogP contribution in [0.25, 0.3) is 0 Å². The summed E-state index contributed by atoms with van der Waals surface area (Å²) in [5.74, 6) is -0.178. The third-order valence-corrected chi connectivity index (χ3v) is 4.21. The Balaban J connectivity index is 1.63. The van der Waals surface area contributed by atoms with Crippen LogP contribution in [0.1, 0.15) is 40.1 Å². The molecule has 0 aliphatic carbocycles. The van der Waals surface area contributed by atoms with E-state index in [1.165, 1.54) is 11.1 Å². The number of aromatic nitrogens is 1. The number of pyridine rings is 1. The number of hydrogen-bond donors (Lipinski definition) is 2. The molecule has 0 aliphatic heterocycles. The van der Waals surface area contributed by atoms with Crippen LogP contribution in [0, 0.1) is 6.92 Å². The highest BCUT2D eigenvalue weighted by Crippen LogP contribution is 2.19. The van der Waals surface area contributed by atoms with E-state index in [1.807, 2.05) is 49.4 Å². The fourth-order valence-corrected chi connectivity index (χ4v) is 2.81. The zero-order valence-corrected chi connectivity index (χ0v) is 15.1. The average molecular weight is 345 g/mol. The number of nitrogens with zero attached hydrogens (tertiary/aromatic N) is 1. The summed E-state index contributed by atoms with van der Waals surface area (Å²) in [6.07, 6.45) is 1.65. The van der Waals surface area contributed by atoms with Crippen LogP contribution in [0.4, 0.5) is 5.69 Å². The molecule has 1 atom stereocenters. The first-order chi connectivity index (χ1) is 12.6. The number of anilines is 1. The van der Waals surface area contributed by atoms with Gasteiger partial charge >= 0.3 is 0 Å². The molecule has 26 heavy (non-hydrogen) atoms. The molecule has 0 bridgehead atoms. The van der Waals surface area contributed by atoms with E-state index in [0.29, 0.717) is 12.2 Å². The Bertz CT molecular complexity index is 877.